The van der Waals surface area contributed by atoms with E-state index >= 15 is 0 Å². The summed E-state index contributed by atoms with van der Waals surface area (Å²) in [6.07, 6.45) is 4.15. The first kappa shape index (κ1) is 18.0. The highest BCUT2D eigenvalue weighted by Crippen LogP contribution is 2.30. The molecule has 0 aliphatic carbocycles. The van der Waals surface area contributed by atoms with Crippen LogP contribution in [0.5, 0.6) is 5.75 Å². The Bertz CT molecular complexity index is 814. The summed E-state index contributed by atoms with van der Waals surface area (Å²) in [5, 5.41) is 4.35. The van der Waals surface area contributed by atoms with Gasteiger partial charge in [0, 0.05) is 45.5 Å². The lowest BCUT2D eigenvalue weighted by atomic mass is 9.94. The summed E-state index contributed by atoms with van der Waals surface area (Å²) >= 11 is 0. The van der Waals surface area contributed by atoms with E-state index in [0.717, 1.165) is 49.6 Å². The van der Waals surface area contributed by atoms with Crippen LogP contribution in [0.3, 0.4) is 0 Å². The topological polar surface area (TPSA) is 50.6 Å². The molecule has 6 heteroatoms. The van der Waals surface area contributed by atoms with Gasteiger partial charge >= 0.3 is 0 Å². The van der Waals surface area contributed by atoms with Crippen molar-refractivity contribution in [2.45, 2.75) is 32.4 Å². The van der Waals surface area contributed by atoms with Crippen molar-refractivity contribution in [3.05, 3.63) is 47.3 Å². The maximum Gasteiger partial charge on any atom is 0.257 e. The zero-order valence-electron chi connectivity index (χ0n) is 16.4. The number of rotatable bonds is 4. The molecule has 0 N–H and O–H groups in total. The van der Waals surface area contributed by atoms with Crippen LogP contribution in [0.2, 0.25) is 0 Å². The highest BCUT2D eigenvalue weighted by Gasteiger charge is 2.38. The molecule has 6 nitrogen and oxygen atoms in total. The van der Waals surface area contributed by atoms with Gasteiger partial charge in [0.1, 0.15) is 5.75 Å². The lowest BCUT2D eigenvalue weighted by Gasteiger charge is -2.36. The minimum Gasteiger partial charge on any atom is -0.497 e. The number of nitrogens with zero attached hydrogens (tertiary/aromatic N) is 4. The normalized spacial score (nSPS) is 22.7. The number of methoxy groups -OCH3 is 1. The van der Waals surface area contributed by atoms with Crippen molar-refractivity contribution in [1.29, 1.82) is 0 Å². The van der Waals surface area contributed by atoms with Crippen molar-refractivity contribution >= 4 is 5.91 Å². The zero-order valence-corrected chi connectivity index (χ0v) is 16.4. The molecular formula is C21H28N4O2. The van der Waals surface area contributed by atoms with Crippen LogP contribution in [-0.2, 0) is 13.6 Å². The van der Waals surface area contributed by atoms with E-state index in [0.29, 0.717) is 5.92 Å². The number of carbonyl (C=O) groups is 1. The Morgan fingerprint density at radius 3 is 2.63 bits per heavy atom. The fraction of sp³-hybridized carbons (Fsp3) is 0.524. The molecule has 3 aliphatic rings. The average Bonchev–Trinajstić information content (AvgIpc) is 2.83. The van der Waals surface area contributed by atoms with Gasteiger partial charge < -0.3 is 9.64 Å². The Balaban J connectivity index is 1.48. The third-order valence-corrected chi connectivity index (χ3v) is 5.86. The van der Waals surface area contributed by atoms with Crippen LogP contribution in [0.1, 0.15) is 34.5 Å². The van der Waals surface area contributed by atoms with E-state index in [1.807, 2.05) is 32.3 Å². The van der Waals surface area contributed by atoms with Crippen LogP contribution in [-0.4, -0.2) is 58.3 Å². The Morgan fingerprint density at radius 1 is 1.19 bits per heavy atom. The second-order valence-electron chi connectivity index (χ2n) is 7.90. The Labute approximate surface area is 160 Å². The first-order chi connectivity index (χ1) is 13.0. The minimum atomic E-state index is 0.140. The molecule has 0 spiro atoms. The zero-order chi connectivity index (χ0) is 19.0. The molecular weight excluding hydrogens is 340 g/mol. The van der Waals surface area contributed by atoms with Crippen LogP contribution in [0, 0.1) is 12.8 Å². The van der Waals surface area contributed by atoms with Gasteiger partial charge in [0.25, 0.3) is 5.91 Å². The molecule has 0 saturated carbocycles. The number of benzene rings is 1. The lowest BCUT2D eigenvalue weighted by Crippen LogP contribution is -2.47. The molecule has 144 valence electrons. The molecule has 2 bridgehead atoms. The van der Waals surface area contributed by atoms with E-state index in [1.54, 1.807) is 11.8 Å². The number of hydrogen-bond acceptors (Lipinski definition) is 4. The SMILES string of the molecule is COc1ccc(CN2C[C@@H]3CC[C@H](C2)N(C(=O)c2cn(C)nc2C)C3)cc1. The number of aryl methyl sites for hydroxylation is 2. The van der Waals surface area contributed by atoms with Crippen molar-refractivity contribution in [2.75, 3.05) is 26.7 Å². The second kappa shape index (κ2) is 7.35. The third-order valence-electron chi connectivity index (χ3n) is 5.86. The van der Waals surface area contributed by atoms with E-state index in [1.165, 1.54) is 12.0 Å². The number of ether oxygens (including phenoxy) is 1. The Kier molecular flexibility index (Phi) is 4.91. The highest BCUT2D eigenvalue weighted by molar-refractivity contribution is 5.95. The number of fused-ring (bicyclic) bond motifs is 4. The third kappa shape index (κ3) is 3.72. The maximum absolute atomic E-state index is 13.2. The molecule has 3 saturated heterocycles. The van der Waals surface area contributed by atoms with Crippen molar-refractivity contribution in [3.8, 4) is 5.75 Å². The van der Waals surface area contributed by atoms with Crippen LogP contribution in [0.25, 0.3) is 0 Å². The van der Waals surface area contributed by atoms with Gasteiger partial charge in [-0.25, -0.2) is 0 Å². The highest BCUT2D eigenvalue weighted by atomic mass is 16.5. The van der Waals surface area contributed by atoms with Crippen molar-refractivity contribution in [2.24, 2.45) is 13.0 Å². The molecule has 1 amide bonds. The summed E-state index contributed by atoms with van der Waals surface area (Å²) in [7, 11) is 3.56. The Morgan fingerprint density at radius 2 is 1.96 bits per heavy atom. The fourth-order valence-corrected chi connectivity index (χ4v) is 4.51. The number of amides is 1. The van der Waals surface area contributed by atoms with Gasteiger partial charge in [-0.2, -0.15) is 5.10 Å². The average molecular weight is 368 g/mol. The quantitative estimate of drug-likeness (QED) is 0.832. The standard InChI is InChI=1S/C21H28N4O2/c1-15-20(14-23(2)22-15)21(26)25-12-17-4-7-18(25)13-24(11-17)10-16-5-8-19(27-3)9-6-16/h5-6,8-9,14,17-18H,4,7,10-13H2,1-3H3/t17-,18+/m0/s1. The molecule has 4 heterocycles. The second-order valence-corrected chi connectivity index (χ2v) is 7.90. The fourth-order valence-electron chi connectivity index (χ4n) is 4.51. The number of hydrogen-bond donors (Lipinski definition) is 0. The summed E-state index contributed by atoms with van der Waals surface area (Å²) in [5.74, 6) is 1.57. The van der Waals surface area contributed by atoms with Gasteiger partial charge in [0.2, 0.25) is 0 Å². The molecule has 2 atom stereocenters. The van der Waals surface area contributed by atoms with Gasteiger partial charge in [-0.1, -0.05) is 12.1 Å². The summed E-state index contributed by atoms with van der Waals surface area (Å²) in [4.78, 5) is 17.8. The number of piperidine rings is 1. The van der Waals surface area contributed by atoms with E-state index in [9.17, 15) is 4.79 Å². The van der Waals surface area contributed by atoms with E-state index < -0.39 is 0 Å². The van der Waals surface area contributed by atoms with E-state index in [-0.39, 0.29) is 11.9 Å². The molecule has 3 fully saturated rings. The first-order valence-electron chi connectivity index (χ1n) is 9.70. The first-order valence-corrected chi connectivity index (χ1v) is 9.70. The number of aromatic nitrogens is 2. The summed E-state index contributed by atoms with van der Waals surface area (Å²) < 4.78 is 6.98. The largest absolute Gasteiger partial charge is 0.497 e. The predicted octanol–water partition coefficient (Wildman–Crippen LogP) is 2.47. The van der Waals surface area contributed by atoms with Gasteiger partial charge in [-0.15, -0.1) is 0 Å². The molecule has 0 radical (unpaired) electrons. The molecule has 0 unspecified atom stereocenters. The van der Waals surface area contributed by atoms with Crippen molar-refractivity contribution in [3.63, 3.8) is 0 Å². The molecule has 3 aliphatic heterocycles. The molecule has 2 aromatic rings. The maximum atomic E-state index is 13.2. The summed E-state index contributed by atoms with van der Waals surface area (Å²) in [6, 6.07) is 8.58. The van der Waals surface area contributed by atoms with Gasteiger partial charge in [-0.05, 0) is 43.4 Å². The van der Waals surface area contributed by atoms with Crippen LogP contribution in [0.4, 0.5) is 0 Å². The van der Waals surface area contributed by atoms with Crippen LogP contribution in [0.15, 0.2) is 30.5 Å². The summed E-state index contributed by atoms with van der Waals surface area (Å²) in [6.45, 7) is 5.69. The van der Waals surface area contributed by atoms with E-state index in [4.69, 9.17) is 4.74 Å². The lowest BCUT2D eigenvalue weighted by molar-refractivity contribution is 0.0584. The van der Waals surface area contributed by atoms with Crippen LogP contribution >= 0.6 is 0 Å². The van der Waals surface area contributed by atoms with Gasteiger partial charge in [0.05, 0.1) is 18.4 Å². The van der Waals surface area contributed by atoms with Crippen molar-refractivity contribution < 1.29 is 9.53 Å². The number of carbonyl (C=O) groups excluding carboxylic acids is 1. The summed E-state index contributed by atoms with van der Waals surface area (Å²) in [5.41, 5.74) is 2.85. The molecule has 27 heavy (non-hydrogen) atoms. The predicted molar refractivity (Wildman–Crippen MR) is 104 cm³/mol. The van der Waals surface area contributed by atoms with E-state index in [2.05, 4.69) is 27.0 Å². The van der Waals surface area contributed by atoms with Crippen molar-refractivity contribution in [1.82, 2.24) is 19.6 Å². The van der Waals surface area contributed by atoms with Gasteiger partial charge in [-0.3, -0.25) is 14.4 Å². The van der Waals surface area contributed by atoms with Gasteiger partial charge in [0.15, 0.2) is 0 Å². The smallest absolute Gasteiger partial charge is 0.257 e. The Hall–Kier alpha value is -2.34. The molecule has 5 rings (SSSR count). The monoisotopic (exact) mass is 368 g/mol. The van der Waals surface area contributed by atoms with Crippen LogP contribution < -0.4 is 4.74 Å². The molecule has 1 aromatic carbocycles. The minimum absolute atomic E-state index is 0.140. The molecule has 1 aromatic heterocycles.